The van der Waals surface area contributed by atoms with Gasteiger partial charge < -0.3 is 15.0 Å². The molecule has 0 saturated heterocycles. The number of rotatable bonds is 2. The first-order valence-electron chi connectivity index (χ1n) is 7.03. The van der Waals surface area contributed by atoms with Crippen molar-refractivity contribution in [2.24, 2.45) is 0 Å². The van der Waals surface area contributed by atoms with Crippen LogP contribution in [0.3, 0.4) is 0 Å². The minimum absolute atomic E-state index is 0.149. The minimum Gasteiger partial charge on any atom is -0.394 e. The van der Waals surface area contributed by atoms with Crippen LogP contribution in [0.2, 0.25) is 10.0 Å². The number of aliphatic hydroxyl groups is 1. The van der Waals surface area contributed by atoms with Crippen LogP contribution in [0.15, 0.2) is 24.5 Å². The SMILES string of the molecule is O=C1NC(CO)Cn2c1c(-c1cn[nH]c1)c1ccc(Cl)c(Cl)c12. The van der Waals surface area contributed by atoms with Gasteiger partial charge in [0.15, 0.2) is 0 Å². The fourth-order valence-electron chi connectivity index (χ4n) is 3.10. The van der Waals surface area contributed by atoms with E-state index >= 15 is 0 Å². The summed E-state index contributed by atoms with van der Waals surface area (Å²) in [5, 5.41) is 20.6. The number of nitrogens with zero attached hydrogens (tertiary/aromatic N) is 2. The summed E-state index contributed by atoms with van der Waals surface area (Å²) >= 11 is 12.6. The van der Waals surface area contributed by atoms with Crippen molar-refractivity contribution in [2.75, 3.05) is 6.61 Å². The maximum absolute atomic E-state index is 12.6. The van der Waals surface area contributed by atoms with Crippen LogP contribution in [-0.2, 0) is 6.54 Å². The van der Waals surface area contributed by atoms with Gasteiger partial charge in [0.25, 0.3) is 5.91 Å². The Labute approximate surface area is 141 Å². The summed E-state index contributed by atoms with van der Waals surface area (Å²) < 4.78 is 1.82. The fraction of sp³-hybridized carbons (Fsp3) is 0.200. The van der Waals surface area contributed by atoms with Gasteiger partial charge in [0.2, 0.25) is 0 Å². The first kappa shape index (κ1) is 14.6. The molecule has 1 atom stereocenters. The van der Waals surface area contributed by atoms with Gasteiger partial charge >= 0.3 is 0 Å². The van der Waals surface area contributed by atoms with E-state index < -0.39 is 0 Å². The molecular weight excluding hydrogens is 339 g/mol. The zero-order valence-corrected chi connectivity index (χ0v) is 13.3. The summed E-state index contributed by atoms with van der Waals surface area (Å²) in [7, 11) is 0. The number of fused-ring (bicyclic) bond motifs is 3. The highest BCUT2D eigenvalue weighted by Gasteiger charge is 2.32. The normalized spacial score (nSPS) is 17.3. The molecule has 4 rings (SSSR count). The van der Waals surface area contributed by atoms with E-state index in [9.17, 15) is 9.90 Å². The van der Waals surface area contributed by atoms with Gasteiger partial charge in [-0.15, -0.1) is 0 Å². The van der Waals surface area contributed by atoms with Crippen molar-refractivity contribution in [3.63, 3.8) is 0 Å². The maximum Gasteiger partial charge on any atom is 0.268 e. The largest absolute Gasteiger partial charge is 0.394 e. The van der Waals surface area contributed by atoms with Crippen molar-refractivity contribution in [1.82, 2.24) is 20.1 Å². The predicted molar refractivity (Wildman–Crippen MR) is 87.9 cm³/mol. The van der Waals surface area contributed by atoms with Crippen LogP contribution in [0.25, 0.3) is 22.0 Å². The van der Waals surface area contributed by atoms with Crippen molar-refractivity contribution in [3.05, 3.63) is 40.3 Å². The molecule has 2 aromatic heterocycles. The summed E-state index contributed by atoms with van der Waals surface area (Å²) in [5.74, 6) is -0.255. The maximum atomic E-state index is 12.6. The quantitative estimate of drug-likeness (QED) is 0.663. The first-order valence-corrected chi connectivity index (χ1v) is 7.78. The monoisotopic (exact) mass is 350 g/mol. The Balaban J connectivity index is 2.13. The molecule has 1 aliphatic heterocycles. The molecule has 6 nitrogen and oxygen atoms in total. The molecule has 0 fully saturated rings. The molecular formula is C15H12Cl2N4O2. The Bertz CT molecular complexity index is 918. The van der Waals surface area contributed by atoms with E-state index in [4.69, 9.17) is 23.2 Å². The molecule has 0 saturated carbocycles. The lowest BCUT2D eigenvalue weighted by molar-refractivity contribution is 0.0872. The van der Waals surface area contributed by atoms with E-state index in [2.05, 4.69) is 15.5 Å². The average molecular weight is 351 g/mol. The van der Waals surface area contributed by atoms with E-state index in [1.54, 1.807) is 18.5 Å². The van der Waals surface area contributed by atoms with Crippen molar-refractivity contribution in [1.29, 1.82) is 0 Å². The van der Waals surface area contributed by atoms with Gasteiger partial charge in [-0.1, -0.05) is 29.3 Å². The van der Waals surface area contributed by atoms with Gasteiger partial charge in [-0.2, -0.15) is 5.10 Å². The summed E-state index contributed by atoms with van der Waals surface area (Å²) in [6, 6.07) is 3.19. The predicted octanol–water partition coefficient (Wildman–Crippen LogP) is 2.44. The van der Waals surface area contributed by atoms with Gasteiger partial charge in [-0.3, -0.25) is 9.89 Å². The van der Waals surface area contributed by atoms with Gasteiger partial charge in [0, 0.05) is 29.3 Å². The number of aromatic nitrogens is 3. The van der Waals surface area contributed by atoms with Crippen molar-refractivity contribution < 1.29 is 9.90 Å². The van der Waals surface area contributed by atoms with Crippen LogP contribution in [-0.4, -0.2) is 38.4 Å². The number of carbonyl (C=O) groups is 1. The van der Waals surface area contributed by atoms with Crippen LogP contribution >= 0.6 is 23.2 Å². The zero-order chi connectivity index (χ0) is 16.1. The molecule has 0 bridgehead atoms. The molecule has 3 heterocycles. The molecule has 23 heavy (non-hydrogen) atoms. The summed E-state index contributed by atoms with van der Waals surface area (Å²) in [5.41, 5.74) is 2.73. The summed E-state index contributed by atoms with van der Waals surface area (Å²) in [4.78, 5) is 12.6. The second-order valence-electron chi connectivity index (χ2n) is 5.43. The topological polar surface area (TPSA) is 82.9 Å². The molecule has 1 unspecified atom stereocenters. The van der Waals surface area contributed by atoms with Crippen LogP contribution in [0.1, 0.15) is 10.5 Å². The molecule has 0 spiro atoms. The van der Waals surface area contributed by atoms with Gasteiger partial charge in [0.1, 0.15) is 5.69 Å². The van der Waals surface area contributed by atoms with E-state index in [0.29, 0.717) is 27.8 Å². The standard InChI is InChI=1S/C15H12Cl2N4O2/c16-10-2-1-9-11(7-3-18-19-4-7)14-15(23)20-8(6-22)5-21(14)13(9)12(10)17/h1-4,8,22H,5-6H2,(H,18,19)(H,20,23). The lowest BCUT2D eigenvalue weighted by atomic mass is 10.0. The molecule has 1 aliphatic rings. The number of hydrogen-bond donors (Lipinski definition) is 3. The number of aromatic amines is 1. The molecule has 3 N–H and O–H groups in total. The van der Waals surface area contributed by atoms with E-state index in [1.807, 2.05) is 10.6 Å². The van der Waals surface area contributed by atoms with Gasteiger partial charge in [-0.25, -0.2) is 0 Å². The third kappa shape index (κ3) is 2.06. The number of carbonyl (C=O) groups excluding carboxylic acids is 1. The number of amides is 1. The lowest BCUT2D eigenvalue weighted by Crippen LogP contribution is -2.46. The number of benzene rings is 1. The summed E-state index contributed by atoms with van der Waals surface area (Å²) in [6.45, 7) is 0.274. The number of nitrogens with one attached hydrogen (secondary N) is 2. The van der Waals surface area contributed by atoms with Gasteiger partial charge in [0.05, 0.1) is 34.4 Å². The fourth-order valence-corrected chi connectivity index (χ4v) is 3.52. The molecule has 3 aromatic rings. The third-order valence-corrected chi connectivity index (χ3v) is 4.87. The van der Waals surface area contributed by atoms with Crippen molar-refractivity contribution >= 4 is 40.0 Å². The van der Waals surface area contributed by atoms with Crippen molar-refractivity contribution in [3.8, 4) is 11.1 Å². The highest BCUT2D eigenvalue weighted by Crippen LogP contribution is 2.41. The van der Waals surface area contributed by atoms with E-state index in [1.165, 1.54) is 0 Å². The molecule has 8 heteroatoms. The molecule has 1 aromatic carbocycles. The van der Waals surface area contributed by atoms with E-state index in [0.717, 1.165) is 16.5 Å². The molecule has 118 valence electrons. The number of halogens is 2. The van der Waals surface area contributed by atoms with E-state index in [-0.39, 0.29) is 18.6 Å². The van der Waals surface area contributed by atoms with Crippen LogP contribution in [0.5, 0.6) is 0 Å². The Morgan fingerprint density at radius 1 is 1.39 bits per heavy atom. The van der Waals surface area contributed by atoms with Crippen LogP contribution in [0, 0.1) is 0 Å². The Kier molecular flexibility index (Phi) is 3.33. The molecule has 0 radical (unpaired) electrons. The highest BCUT2D eigenvalue weighted by molar-refractivity contribution is 6.45. The lowest BCUT2D eigenvalue weighted by Gasteiger charge is -2.25. The third-order valence-electron chi connectivity index (χ3n) is 4.08. The van der Waals surface area contributed by atoms with Crippen molar-refractivity contribution in [2.45, 2.75) is 12.6 Å². The zero-order valence-electron chi connectivity index (χ0n) is 11.8. The second-order valence-corrected chi connectivity index (χ2v) is 6.22. The smallest absolute Gasteiger partial charge is 0.268 e. The Morgan fingerprint density at radius 2 is 2.22 bits per heavy atom. The molecule has 1 amide bonds. The van der Waals surface area contributed by atoms with Gasteiger partial charge in [-0.05, 0) is 6.07 Å². The first-order chi connectivity index (χ1) is 11.1. The number of H-pyrrole nitrogens is 1. The number of hydrogen-bond acceptors (Lipinski definition) is 3. The second kappa shape index (κ2) is 5.26. The highest BCUT2D eigenvalue weighted by atomic mass is 35.5. The molecule has 0 aliphatic carbocycles. The number of aliphatic hydroxyl groups excluding tert-OH is 1. The minimum atomic E-state index is -0.363. The van der Waals surface area contributed by atoms with Crippen LogP contribution in [0.4, 0.5) is 0 Å². The summed E-state index contributed by atoms with van der Waals surface area (Å²) in [6.07, 6.45) is 3.38. The Hall–Kier alpha value is -2.02. The Morgan fingerprint density at radius 3 is 2.91 bits per heavy atom. The van der Waals surface area contributed by atoms with Crippen LogP contribution < -0.4 is 5.32 Å². The average Bonchev–Trinajstić information content (AvgIpc) is 3.16.